The lowest BCUT2D eigenvalue weighted by Crippen LogP contribution is -2.52. The highest BCUT2D eigenvalue weighted by atomic mass is 19.1. The van der Waals surface area contributed by atoms with Crippen molar-refractivity contribution in [1.82, 2.24) is 15.1 Å². The number of amides is 3. The van der Waals surface area contributed by atoms with Crippen LogP contribution in [0.3, 0.4) is 0 Å². The fraction of sp³-hybridized carbons (Fsp3) is 0.444. The average Bonchev–Trinajstić information content (AvgIpc) is 3.06. The van der Waals surface area contributed by atoms with Crippen LogP contribution in [-0.4, -0.2) is 58.8 Å². The molecule has 9 heteroatoms. The lowest BCUT2D eigenvalue weighted by atomic mass is 10.0. The summed E-state index contributed by atoms with van der Waals surface area (Å²) < 4.78 is 47.0. The molecule has 2 aromatic carbocycles. The number of nitrogens with zero attached hydrogens (tertiary/aromatic N) is 2. The van der Waals surface area contributed by atoms with Gasteiger partial charge >= 0.3 is 0 Å². The van der Waals surface area contributed by atoms with Crippen molar-refractivity contribution in [2.75, 3.05) is 18.4 Å². The molecule has 3 heterocycles. The molecule has 3 atom stereocenters. The molecule has 0 spiro atoms. The summed E-state index contributed by atoms with van der Waals surface area (Å²) in [7, 11) is 0. The SMILES string of the molecule is [2H]C1(N2C(=O)c3cccc(NCc4ccc(CN5CC(C)OC(C)C5)cc4F)c3C2([2H])[2H])CCC(=O)NC1=O. The van der Waals surface area contributed by atoms with Crippen molar-refractivity contribution in [3.63, 3.8) is 0 Å². The smallest absolute Gasteiger partial charge is 0.255 e. The summed E-state index contributed by atoms with van der Waals surface area (Å²) in [4.78, 5) is 40.3. The Labute approximate surface area is 214 Å². The fourth-order valence-corrected chi connectivity index (χ4v) is 4.99. The number of nitrogens with one attached hydrogen (secondary N) is 2. The van der Waals surface area contributed by atoms with Crippen molar-refractivity contribution in [1.29, 1.82) is 0 Å². The van der Waals surface area contributed by atoms with Crippen LogP contribution in [0.15, 0.2) is 36.4 Å². The van der Waals surface area contributed by atoms with Crippen molar-refractivity contribution in [3.8, 4) is 0 Å². The number of hydrogen-bond donors (Lipinski definition) is 2. The van der Waals surface area contributed by atoms with E-state index in [1.165, 1.54) is 12.1 Å². The third-order valence-corrected chi connectivity index (χ3v) is 6.58. The molecule has 2 aromatic rings. The van der Waals surface area contributed by atoms with Crippen LogP contribution in [-0.2, 0) is 33.9 Å². The van der Waals surface area contributed by atoms with Gasteiger partial charge in [-0.25, -0.2) is 4.39 Å². The van der Waals surface area contributed by atoms with Crippen LogP contribution < -0.4 is 10.6 Å². The number of benzene rings is 2. The van der Waals surface area contributed by atoms with Crippen molar-refractivity contribution in [2.24, 2.45) is 0 Å². The van der Waals surface area contributed by atoms with E-state index in [1.54, 1.807) is 18.2 Å². The topological polar surface area (TPSA) is 91.0 Å². The van der Waals surface area contributed by atoms with Crippen molar-refractivity contribution in [3.05, 3.63) is 64.5 Å². The molecule has 3 amide bonds. The Balaban J connectivity index is 1.34. The van der Waals surface area contributed by atoms with E-state index in [9.17, 15) is 14.4 Å². The van der Waals surface area contributed by atoms with Crippen molar-refractivity contribution >= 4 is 23.4 Å². The monoisotopic (exact) mass is 497 g/mol. The largest absolute Gasteiger partial charge is 0.381 e. The molecule has 0 bridgehead atoms. The van der Waals surface area contributed by atoms with E-state index < -0.39 is 36.1 Å². The molecule has 0 radical (unpaired) electrons. The van der Waals surface area contributed by atoms with Gasteiger partial charge in [0.1, 0.15) is 11.8 Å². The van der Waals surface area contributed by atoms with Gasteiger partial charge in [0.05, 0.1) is 16.3 Å². The van der Waals surface area contributed by atoms with Gasteiger partial charge in [0.2, 0.25) is 11.8 Å². The van der Waals surface area contributed by atoms with E-state index in [1.807, 2.05) is 25.2 Å². The standard InChI is InChI=1S/C27H31FN4O4/c1-16-12-31(13-17(2)36-16)14-18-6-7-19(22(28)10-18)11-29-23-5-3-4-20-21(23)15-32(27(20)35)24-8-9-25(33)30-26(24)34/h3-7,10,16-17,24,29H,8-9,11-15H2,1-2H3,(H,30,33,34)/i15D2,24D. The van der Waals surface area contributed by atoms with Gasteiger partial charge in [-0.2, -0.15) is 0 Å². The number of ether oxygens (including phenoxy) is 1. The van der Waals surface area contributed by atoms with Gasteiger partial charge in [-0.3, -0.25) is 24.6 Å². The number of carbonyl (C=O) groups excluding carboxylic acids is 3. The molecule has 2 saturated heterocycles. The molecular formula is C27H31FN4O4. The molecule has 36 heavy (non-hydrogen) atoms. The van der Waals surface area contributed by atoms with Crippen LogP contribution in [0.25, 0.3) is 0 Å². The van der Waals surface area contributed by atoms with Crippen LogP contribution in [0, 0.1) is 5.82 Å². The summed E-state index contributed by atoms with van der Waals surface area (Å²) in [5.41, 5.74) is 1.43. The van der Waals surface area contributed by atoms with Gasteiger partial charge in [-0.1, -0.05) is 18.2 Å². The number of fused-ring (bicyclic) bond motifs is 1. The highest BCUT2D eigenvalue weighted by molar-refractivity contribution is 6.06. The lowest BCUT2D eigenvalue weighted by Gasteiger charge is -2.35. The zero-order chi connectivity index (χ0) is 28.1. The molecule has 0 saturated carbocycles. The van der Waals surface area contributed by atoms with E-state index in [4.69, 9.17) is 8.85 Å². The van der Waals surface area contributed by atoms with E-state index in [0.29, 0.717) is 17.0 Å². The van der Waals surface area contributed by atoms with E-state index >= 15 is 4.39 Å². The fourth-order valence-electron chi connectivity index (χ4n) is 4.99. The minimum atomic E-state index is -2.52. The Morgan fingerprint density at radius 2 is 1.97 bits per heavy atom. The predicted octanol–water partition coefficient (Wildman–Crippen LogP) is 2.81. The summed E-state index contributed by atoms with van der Waals surface area (Å²) >= 11 is 0. The van der Waals surface area contributed by atoms with Crippen molar-refractivity contribution < 1.29 is 27.6 Å². The Morgan fingerprint density at radius 3 is 2.69 bits per heavy atom. The number of morpholine rings is 1. The van der Waals surface area contributed by atoms with E-state index in [-0.39, 0.29) is 48.4 Å². The first-order valence-electron chi connectivity index (χ1n) is 13.6. The highest BCUT2D eigenvalue weighted by Crippen LogP contribution is 2.32. The number of imide groups is 1. The minimum absolute atomic E-state index is 0.00566. The summed E-state index contributed by atoms with van der Waals surface area (Å²) in [6.45, 7) is 3.67. The van der Waals surface area contributed by atoms with Gasteiger partial charge in [-0.15, -0.1) is 0 Å². The first kappa shape index (κ1) is 20.8. The number of hydrogen-bond acceptors (Lipinski definition) is 6. The molecular weight excluding hydrogens is 463 g/mol. The summed E-state index contributed by atoms with van der Waals surface area (Å²) in [5.74, 6) is -2.84. The second kappa shape index (κ2) is 9.99. The van der Waals surface area contributed by atoms with Gasteiger partial charge in [0.15, 0.2) is 0 Å². The van der Waals surface area contributed by atoms with E-state index in [2.05, 4.69) is 10.2 Å². The third-order valence-electron chi connectivity index (χ3n) is 6.58. The number of rotatable bonds is 6. The second-order valence-corrected chi connectivity index (χ2v) is 9.54. The first-order chi connectivity index (χ1) is 18.4. The highest BCUT2D eigenvalue weighted by Gasteiger charge is 2.39. The van der Waals surface area contributed by atoms with Gasteiger partial charge < -0.3 is 15.0 Å². The first-order valence-corrected chi connectivity index (χ1v) is 12.1. The zero-order valence-electron chi connectivity index (χ0n) is 23.3. The van der Waals surface area contributed by atoms with E-state index in [0.717, 1.165) is 18.7 Å². The minimum Gasteiger partial charge on any atom is -0.381 e. The zero-order valence-corrected chi connectivity index (χ0v) is 20.3. The third kappa shape index (κ3) is 4.99. The average molecular weight is 498 g/mol. The van der Waals surface area contributed by atoms with Crippen LogP contribution in [0.4, 0.5) is 10.1 Å². The molecule has 3 aliphatic rings. The number of piperidine rings is 1. The molecule has 0 aromatic heterocycles. The number of halogens is 1. The van der Waals surface area contributed by atoms with Crippen LogP contribution in [0.5, 0.6) is 0 Å². The maximum Gasteiger partial charge on any atom is 0.255 e. The Hall–Kier alpha value is -3.30. The number of carbonyl (C=O) groups is 3. The van der Waals surface area contributed by atoms with Gasteiger partial charge in [-0.05, 0) is 44.0 Å². The summed E-state index contributed by atoms with van der Waals surface area (Å²) in [6, 6.07) is 7.31. The maximum atomic E-state index is 15.1. The Morgan fingerprint density at radius 1 is 1.19 bits per heavy atom. The van der Waals surface area contributed by atoms with Gasteiger partial charge in [0.25, 0.3) is 5.91 Å². The molecule has 3 aliphatic heterocycles. The van der Waals surface area contributed by atoms with Crippen LogP contribution in [0.2, 0.25) is 0 Å². The van der Waals surface area contributed by atoms with Gasteiger partial charge in [0, 0.05) is 61.5 Å². The normalized spacial score (nSPS) is 29.2. The predicted molar refractivity (Wildman–Crippen MR) is 131 cm³/mol. The summed E-state index contributed by atoms with van der Waals surface area (Å²) in [5, 5.41) is 5.08. The second-order valence-electron chi connectivity index (χ2n) is 9.54. The molecule has 8 nitrogen and oxygen atoms in total. The molecule has 3 unspecified atom stereocenters. The molecule has 2 N–H and O–H groups in total. The molecule has 190 valence electrons. The molecule has 0 aliphatic carbocycles. The van der Waals surface area contributed by atoms with Crippen LogP contribution >= 0.6 is 0 Å². The van der Waals surface area contributed by atoms with Crippen molar-refractivity contribution in [2.45, 2.75) is 64.5 Å². The summed E-state index contributed by atoms with van der Waals surface area (Å²) in [6.07, 6.45) is -0.285. The molecule has 2 fully saturated rings. The lowest BCUT2D eigenvalue weighted by molar-refractivity contribution is -0.136. The Bertz CT molecular complexity index is 1330. The maximum absolute atomic E-state index is 15.1. The number of anilines is 1. The quantitative estimate of drug-likeness (QED) is 0.597. The Kier molecular flexibility index (Phi) is 5.78. The molecule has 5 rings (SSSR count). The van der Waals surface area contributed by atoms with Crippen LogP contribution in [0.1, 0.15) is 57.8 Å².